The molecule has 2 aromatic rings. The lowest BCUT2D eigenvalue weighted by Gasteiger charge is -2.33. The van der Waals surface area contributed by atoms with Crippen LogP contribution in [0.2, 0.25) is 15.1 Å². The van der Waals surface area contributed by atoms with Crippen LogP contribution >= 0.6 is 34.8 Å². The summed E-state index contributed by atoms with van der Waals surface area (Å²) in [4.78, 5) is 27.6. The molecular weight excluding hydrogens is 509 g/mol. The van der Waals surface area contributed by atoms with E-state index >= 15 is 0 Å². The number of halogens is 3. The van der Waals surface area contributed by atoms with Gasteiger partial charge >= 0.3 is 0 Å². The van der Waals surface area contributed by atoms with E-state index in [4.69, 9.17) is 34.8 Å². The molecule has 0 saturated heterocycles. The molecule has 0 heterocycles. The van der Waals surface area contributed by atoms with Crippen LogP contribution in [0.5, 0.6) is 0 Å². The van der Waals surface area contributed by atoms with Crippen LogP contribution in [0.4, 0.5) is 5.69 Å². The summed E-state index contributed by atoms with van der Waals surface area (Å²) in [6, 6.07) is 10.6. The second-order valence-electron chi connectivity index (χ2n) is 7.27. The molecule has 0 fully saturated rings. The van der Waals surface area contributed by atoms with E-state index in [2.05, 4.69) is 5.32 Å². The summed E-state index contributed by atoms with van der Waals surface area (Å²) in [5, 5.41) is 3.31. The topological polar surface area (TPSA) is 86.8 Å². The predicted molar refractivity (Wildman–Crippen MR) is 133 cm³/mol. The van der Waals surface area contributed by atoms with Crippen LogP contribution in [0.15, 0.2) is 42.5 Å². The normalized spacial score (nSPS) is 12.2. The monoisotopic (exact) mass is 533 g/mol. The van der Waals surface area contributed by atoms with Gasteiger partial charge in [-0.05, 0) is 37.1 Å². The molecule has 11 heteroatoms. The first-order chi connectivity index (χ1) is 15.5. The third-order valence-electron chi connectivity index (χ3n) is 4.91. The van der Waals surface area contributed by atoms with Crippen LogP contribution in [0.3, 0.4) is 0 Å². The largest absolute Gasteiger partial charge is 0.355 e. The van der Waals surface area contributed by atoms with Crippen molar-refractivity contribution < 1.29 is 18.0 Å². The maximum absolute atomic E-state index is 13.5. The number of amides is 2. The Morgan fingerprint density at radius 2 is 1.64 bits per heavy atom. The smallest absolute Gasteiger partial charge is 0.244 e. The summed E-state index contributed by atoms with van der Waals surface area (Å²) in [6.07, 6.45) is 1.29. The number of hydrogen-bond acceptors (Lipinski definition) is 4. The zero-order valence-electron chi connectivity index (χ0n) is 18.5. The van der Waals surface area contributed by atoms with Gasteiger partial charge in [-0.25, -0.2) is 8.42 Å². The fraction of sp³-hybridized carbons (Fsp3) is 0.364. The molecule has 0 unspecified atom stereocenters. The Balaban J connectivity index is 2.49. The summed E-state index contributed by atoms with van der Waals surface area (Å²) in [7, 11) is -3.91. The summed E-state index contributed by atoms with van der Waals surface area (Å²) in [5.74, 6) is -0.929. The fourth-order valence-electron chi connectivity index (χ4n) is 3.30. The Labute approximate surface area is 209 Å². The minimum absolute atomic E-state index is 0.00538. The number of carbonyl (C=O) groups excluding carboxylic acids is 2. The van der Waals surface area contributed by atoms with Gasteiger partial charge < -0.3 is 10.2 Å². The Morgan fingerprint density at radius 1 is 1.00 bits per heavy atom. The molecule has 33 heavy (non-hydrogen) atoms. The molecule has 2 rings (SSSR count). The minimum Gasteiger partial charge on any atom is -0.355 e. The van der Waals surface area contributed by atoms with E-state index in [1.807, 2.05) is 0 Å². The number of nitrogens with zero attached hydrogens (tertiary/aromatic N) is 2. The number of nitrogens with one attached hydrogen (secondary N) is 1. The average molecular weight is 535 g/mol. The molecule has 0 spiro atoms. The lowest BCUT2D eigenvalue weighted by Crippen LogP contribution is -2.52. The van der Waals surface area contributed by atoms with Gasteiger partial charge in [0.25, 0.3) is 0 Å². The van der Waals surface area contributed by atoms with Crippen molar-refractivity contribution in [2.24, 2.45) is 0 Å². The van der Waals surface area contributed by atoms with Crippen LogP contribution in [0.1, 0.15) is 25.8 Å². The van der Waals surface area contributed by atoms with Crippen molar-refractivity contribution in [2.75, 3.05) is 23.7 Å². The van der Waals surface area contributed by atoms with E-state index in [0.29, 0.717) is 23.6 Å². The minimum atomic E-state index is -3.91. The van der Waals surface area contributed by atoms with Crippen LogP contribution in [-0.4, -0.2) is 50.5 Å². The number of benzene rings is 2. The number of anilines is 1. The highest BCUT2D eigenvalue weighted by atomic mass is 35.5. The van der Waals surface area contributed by atoms with Gasteiger partial charge in [-0.3, -0.25) is 13.9 Å². The van der Waals surface area contributed by atoms with Crippen molar-refractivity contribution in [1.82, 2.24) is 10.2 Å². The molecule has 0 aromatic heterocycles. The maximum atomic E-state index is 13.5. The summed E-state index contributed by atoms with van der Waals surface area (Å²) in [5.41, 5.74) is 0.700. The Morgan fingerprint density at radius 3 is 2.21 bits per heavy atom. The Hall–Kier alpha value is -2.00. The van der Waals surface area contributed by atoms with Gasteiger partial charge in [0.05, 0.1) is 22.0 Å². The number of sulfonamides is 1. The van der Waals surface area contributed by atoms with Crippen molar-refractivity contribution in [1.29, 1.82) is 0 Å². The lowest BCUT2D eigenvalue weighted by molar-refractivity contribution is -0.140. The molecular formula is C22H26Cl3N3O4S. The van der Waals surface area contributed by atoms with Crippen molar-refractivity contribution in [3.05, 3.63) is 63.1 Å². The van der Waals surface area contributed by atoms with E-state index in [9.17, 15) is 18.0 Å². The van der Waals surface area contributed by atoms with Crippen LogP contribution in [0.25, 0.3) is 0 Å². The molecule has 0 saturated carbocycles. The molecule has 180 valence electrons. The van der Waals surface area contributed by atoms with Crippen LogP contribution < -0.4 is 9.62 Å². The second kappa shape index (κ2) is 11.9. The van der Waals surface area contributed by atoms with Gasteiger partial charge in [-0.15, -0.1) is 0 Å². The van der Waals surface area contributed by atoms with Gasteiger partial charge in [-0.2, -0.15) is 0 Å². The molecule has 7 nitrogen and oxygen atoms in total. The van der Waals surface area contributed by atoms with Crippen LogP contribution in [0, 0.1) is 0 Å². The SMILES string of the molecule is CCNC(=O)[C@@H](CC)N(Cc1ccccc1Cl)C(=O)CN(c1cccc(Cl)c1Cl)S(C)(=O)=O. The van der Waals surface area contributed by atoms with Gasteiger partial charge in [-0.1, -0.05) is 66.0 Å². The third-order valence-corrected chi connectivity index (χ3v) is 7.22. The van der Waals surface area contributed by atoms with Crippen molar-refractivity contribution in [2.45, 2.75) is 32.9 Å². The summed E-state index contributed by atoms with van der Waals surface area (Å²) in [6.45, 7) is 3.39. The number of likely N-dealkylation sites (N-methyl/N-ethyl adjacent to an activating group) is 1. The zero-order valence-corrected chi connectivity index (χ0v) is 21.6. The molecule has 1 atom stereocenters. The highest BCUT2D eigenvalue weighted by molar-refractivity contribution is 7.92. The molecule has 2 amide bonds. The molecule has 0 aliphatic carbocycles. The Bertz CT molecular complexity index is 1110. The van der Waals surface area contributed by atoms with Gasteiger partial charge in [0, 0.05) is 18.1 Å². The first-order valence-corrected chi connectivity index (χ1v) is 13.2. The van der Waals surface area contributed by atoms with Crippen molar-refractivity contribution >= 4 is 62.3 Å². The van der Waals surface area contributed by atoms with E-state index in [1.165, 1.54) is 23.1 Å². The summed E-state index contributed by atoms with van der Waals surface area (Å²) < 4.78 is 26.1. The molecule has 1 N–H and O–H groups in total. The highest BCUT2D eigenvalue weighted by Crippen LogP contribution is 2.34. The number of carbonyl (C=O) groups is 2. The number of hydrogen-bond donors (Lipinski definition) is 1. The van der Waals surface area contributed by atoms with Gasteiger partial charge in [0.2, 0.25) is 21.8 Å². The first-order valence-electron chi connectivity index (χ1n) is 10.2. The molecule has 0 aliphatic rings. The van der Waals surface area contributed by atoms with E-state index in [1.54, 1.807) is 38.1 Å². The molecule has 0 aliphatic heterocycles. The quantitative estimate of drug-likeness (QED) is 0.491. The number of rotatable bonds is 10. The fourth-order valence-corrected chi connectivity index (χ4v) is 4.80. The average Bonchev–Trinajstić information content (AvgIpc) is 2.74. The van der Waals surface area contributed by atoms with Crippen molar-refractivity contribution in [3.63, 3.8) is 0 Å². The summed E-state index contributed by atoms with van der Waals surface area (Å²) >= 11 is 18.6. The molecule has 0 bridgehead atoms. The Kier molecular flexibility index (Phi) is 9.84. The van der Waals surface area contributed by atoms with E-state index in [-0.39, 0.29) is 28.2 Å². The van der Waals surface area contributed by atoms with E-state index < -0.39 is 28.5 Å². The maximum Gasteiger partial charge on any atom is 0.244 e. The van der Waals surface area contributed by atoms with Gasteiger partial charge in [0.15, 0.2) is 0 Å². The van der Waals surface area contributed by atoms with Gasteiger partial charge in [0.1, 0.15) is 12.6 Å². The second-order valence-corrected chi connectivity index (χ2v) is 10.4. The van der Waals surface area contributed by atoms with Crippen LogP contribution in [-0.2, 0) is 26.2 Å². The highest BCUT2D eigenvalue weighted by Gasteiger charge is 2.32. The van der Waals surface area contributed by atoms with E-state index in [0.717, 1.165) is 10.6 Å². The molecule has 0 radical (unpaired) electrons. The molecule has 2 aromatic carbocycles. The van der Waals surface area contributed by atoms with Crippen molar-refractivity contribution in [3.8, 4) is 0 Å². The first kappa shape index (κ1) is 27.2. The predicted octanol–water partition coefficient (Wildman–Crippen LogP) is 4.36. The third kappa shape index (κ3) is 6.99. The lowest BCUT2D eigenvalue weighted by atomic mass is 10.1. The standard InChI is InChI=1S/C22H26Cl3N3O4S/c1-4-18(22(30)26-5-2)27(13-15-9-6-7-10-16(15)23)20(29)14-28(33(3,31)32)19-12-8-11-17(24)21(19)25/h6-12,18H,4-5,13-14H2,1-3H3,(H,26,30)/t18-/m1/s1. The zero-order chi connectivity index (χ0) is 24.8.